The van der Waals surface area contributed by atoms with Gasteiger partial charge < -0.3 is 0 Å². The molecule has 0 saturated heterocycles. The van der Waals surface area contributed by atoms with Gasteiger partial charge in [-0.3, -0.25) is 0 Å². The first-order chi connectivity index (χ1) is 43.4. The van der Waals surface area contributed by atoms with Crippen LogP contribution in [-0.4, -0.2) is 13.4 Å². The summed E-state index contributed by atoms with van der Waals surface area (Å²) in [5, 5.41) is 24.7. The van der Waals surface area contributed by atoms with E-state index < -0.39 is 0 Å². The van der Waals surface area contributed by atoms with Gasteiger partial charge in [-0.1, -0.05) is 275 Å². The van der Waals surface area contributed by atoms with Crippen LogP contribution < -0.4 is 32.8 Å². The topological polar surface area (TPSA) is 0 Å². The molecule has 0 nitrogen and oxygen atoms in total. The predicted octanol–water partition coefficient (Wildman–Crippen LogP) is 18.5. The highest BCUT2D eigenvalue weighted by Crippen LogP contribution is 2.43. The molecule has 0 bridgehead atoms. The lowest BCUT2D eigenvalue weighted by molar-refractivity contribution is 0.631. The summed E-state index contributed by atoms with van der Waals surface area (Å²) in [7, 11) is 0. The Morgan fingerprint density at radius 3 is 0.705 bits per heavy atom. The molecule has 0 unspecified atom stereocenters. The smallest absolute Gasteiger partial charge is 0.206 e. The third kappa shape index (κ3) is 8.13. The van der Waals surface area contributed by atoms with Gasteiger partial charge in [-0.05, 0) is 190 Å². The maximum absolute atomic E-state index is 17.1. The highest BCUT2D eigenvalue weighted by Gasteiger charge is 2.32. The zero-order valence-corrected chi connectivity index (χ0v) is 47.8. The SMILES string of the molecule is Fc1ccccc1-c1cc(B(c2ccc3cc4ccccc4cc3c2)c2ccc3cc4ccccc4cc3c2)c2ccc3c(-c4ccccc4F)cc(B(c4ccc5cc6ccccc6cc5c4)c4ccc5cc6ccccc6cc5c4)c4ccc1c2c43. The van der Waals surface area contributed by atoms with E-state index in [1.165, 1.54) is 43.1 Å². The molecule has 0 radical (unpaired) electrons. The van der Waals surface area contributed by atoms with E-state index in [0.717, 1.165) is 119 Å². The molecule has 0 saturated carbocycles. The van der Waals surface area contributed by atoms with Crippen molar-refractivity contribution >= 4 is 165 Å². The van der Waals surface area contributed by atoms with Crippen molar-refractivity contribution in [2.24, 2.45) is 0 Å². The van der Waals surface area contributed by atoms with Crippen LogP contribution in [0.3, 0.4) is 0 Å². The normalized spacial score (nSPS) is 12.0. The Morgan fingerprint density at radius 1 is 0.182 bits per heavy atom. The van der Waals surface area contributed by atoms with E-state index in [-0.39, 0.29) is 25.1 Å². The van der Waals surface area contributed by atoms with Gasteiger partial charge in [-0.2, -0.15) is 0 Å². The number of rotatable bonds is 8. The molecule has 406 valence electrons. The van der Waals surface area contributed by atoms with Crippen molar-refractivity contribution in [1.29, 1.82) is 0 Å². The van der Waals surface area contributed by atoms with Crippen LogP contribution >= 0.6 is 0 Å². The molecule has 0 spiro atoms. The van der Waals surface area contributed by atoms with Crippen LogP contribution in [0.25, 0.3) is 141 Å². The van der Waals surface area contributed by atoms with Crippen LogP contribution in [0, 0.1) is 11.6 Å². The number of fused-ring (bicyclic) bond motifs is 8. The van der Waals surface area contributed by atoms with E-state index in [9.17, 15) is 0 Å². The monoisotopic (exact) mass is 1120 g/mol. The standard InChI is InChI=1S/C84H50B2F2/c87-81-23-11-9-21-71(81)77-49-79(85(67-29-25-59-37-51-13-1-5-17-55(51)41-63(59)45-67)68-30-26-60-38-52-14-2-6-18-56(52)42-64(60)46-68)75-35-33-74-78(72-22-10-12-24-82(72)88)50-80(76-36-34-73(77)83(75)84(74)76)86(69-31-27-61-39-53-15-3-7-19-57(53)43-65(61)47-69)70-32-28-62-40-54-16-4-8-20-58(54)44-66(62)48-70/h1-50H. The summed E-state index contributed by atoms with van der Waals surface area (Å²) in [6.07, 6.45) is 0. The Balaban J connectivity index is 0.970. The average molecular weight is 1120 g/mol. The molecule has 0 aromatic heterocycles. The number of halogens is 2. The minimum atomic E-state index is -0.317. The summed E-state index contributed by atoms with van der Waals surface area (Å²) in [6.45, 7) is -0.634. The zero-order valence-electron chi connectivity index (χ0n) is 47.8. The van der Waals surface area contributed by atoms with E-state index in [1.807, 2.05) is 24.3 Å². The van der Waals surface area contributed by atoms with Crippen molar-refractivity contribution in [2.75, 3.05) is 0 Å². The molecule has 0 atom stereocenters. The number of benzene rings is 18. The van der Waals surface area contributed by atoms with Gasteiger partial charge in [-0.15, -0.1) is 0 Å². The first-order valence-electron chi connectivity index (χ1n) is 30.4. The van der Waals surface area contributed by atoms with Crippen LogP contribution in [0.1, 0.15) is 0 Å². The fourth-order valence-corrected chi connectivity index (χ4v) is 15.0. The maximum Gasteiger partial charge on any atom is 0.242 e. The Morgan fingerprint density at radius 2 is 0.420 bits per heavy atom. The summed E-state index contributed by atoms with van der Waals surface area (Å²) >= 11 is 0. The highest BCUT2D eigenvalue weighted by atomic mass is 19.1. The van der Waals surface area contributed by atoms with Crippen LogP contribution in [-0.2, 0) is 0 Å². The summed E-state index contributed by atoms with van der Waals surface area (Å²) in [4.78, 5) is 0. The summed E-state index contributed by atoms with van der Waals surface area (Å²) < 4.78 is 34.2. The van der Waals surface area contributed by atoms with Gasteiger partial charge in [0, 0.05) is 11.1 Å². The summed E-state index contributed by atoms with van der Waals surface area (Å²) in [6, 6.07) is 108. The van der Waals surface area contributed by atoms with Crippen molar-refractivity contribution in [3.63, 3.8) is 0 Å². The third-order valence-corrected chi connectivity index (χ3v) is 19.2. The minimum absolute atomic E-state index is 0.295. The van der Waals surface area contributed by atoms with Crippen molar-refractivity contribution in [2.45, 2.75) is 0 Å². The number of hydrogen-bond donors (Lipinski definition) is 0. The molecule has 4 heteroatoms. The molecule has 18 rings (SSSR count). The predicted molar refractivity (Wildman–Crippen MR) is 376 cm³/mol. The van der Waals surface area contributed by atoms with Crippen LogP contribution in [0.5, 0.6) is 0 Å². The second-order valence-electron chi connectivity index (χ2n) is 24.1. The molecule has 0 aliphatic heterocycles. The lowest BCUT2D eigenvalue weighted by Crippen LogP contribution is -2.52. The molecule has 0 amide bonds. The summed E-state index contributed by atoms with van der Waals surface area (Å²) in [5.41, 5.74) is 9.25. The van der Waals surface area contributed by atoms with Gasteiger partial charge in [-0.25, -0.2) is 8.78 Å². The molecule has 88 heavy (non-hydrogen) atoms. The maximum atomic E-state index is 17.1. The fourth-order valence-electron chi connectivity index (χ4n) is 15.0. The second-order valence-corrected chi connectivity index (χ2v) is 24.1. The fraction of sp³-hybridized carbons (Fsp3) is 0. The van der Waals surface area contributed by atoms with E-state index >= 15 is 8.78 Å². The summed E-state index contributed by atoms with van der Waals surface area (Å²) in [5.74, 6) is -0.590. The second kappa shape index (κ2) is 19.8. The van der Waals surface area contributed by atoms with E-state index in [2.05, 4.69) is 255 Å². The quantitative estimate of drug-likeness (QED) is 0.0808. The van der Waals surface area contributed by atoms with Crippen molar-refractivity contribution in [1.82, 2.24) is 0 Å². The van der Waals surface area contributed by atoms with Crippen molar-refractivity contribution in [3.05, 3.63) is 315 Å². The lowest BCUT2D eigenvalue weighted by Gasteiger charge is -2.26. The minimum Gasteiger partial charge on any atom is -0.206 e. The van der Waals surface area contributed by atoms with Crippen molar-refractivity contribution in [3.8, 4) is 22.3 Å². The van der Waals surface area contributed by atoms with E-state index in [4.69, 9.17) is 0 Å². The van der Waals surface area contributed by atoms with E-state index in [1.54, 1.807) is 24.3 Å². The molecule has 0 fully saturated rings. The van der Waals surface area contributed by atoms with Crippen LogP contribution in [0.2, 0.25) is 0 Å². The molecule has 18 aromatic carbocycles. The van der Waals surface area contributed by atoms with Gasteiger partial charge in [0.15, 0.2) is 0 Å². The Bertz CT molecular complexity index is 5340. The lowest BCUT2D eigenvalue weighted by atomic mass is 9.35. The van der Waals surface area contributed by atoms with Crippen LogP contribution in [0.4, 0.5) is 8.78 Å². The molecule has 0 aliphatic carbocycles. The van der Waals surface area contributed by atoms with Gasteiger partial charge in [0.05, 0.1) is 0 Å². The Hall–Kier alpha value is -10.9. The zero-order chi connectivity index (χ0) is 58.1. The van der Waals surface area contributed by atoms with Gasteiger partial charge in [0.1, 0.15) is 11.6 Å². The van der Waals surface area contributed by atoms with Crippen molar-refractivity contribution < 1.29 is 8.78 Å². The molecule has 18 aromatic rings. The van der Waals surface area contributed by atoms with Crippen LogP contribution in [0.15, 0.2) is 303 Å². The average Bonchev–Trinajstić information content (AvgIpc) is 0.752. The van der Waals surface area contributed by atoms with Gasteiger partial charge in [0.25, 0.3) is 0 Å². The molecule has 0 aliphatic rings. The molecule has 0 heterocycles. The third-order valence-electron chi connectivity index (χ3n) is 19.2. The molecule has 0 N–H and O–H groups in total. The Labute approximate surface area is 507 Å². The Kier molecular flexibility index (Phi) is 11.4. The first-order valence-corrected chi connectivity index (χ1v) is 30.4. The molecular weight excluding hydrogens is 1070 g/mol. The first kappa shape index (κ1) is 50.4. The van der Waals surface area contributed by atoms with Gasteiger partial charge >= 0.3 is 0 Å². The van der Waals surface area contributed by atoms with E-state index in [0.29, 0.717) is 11.1 Å². The highest BCUT2D eigenvalue weighted by molar-refractivity contribution is 6.98. The molecular formula is C84H50B2F2. The largest absolute Gasteiger partial charge is 0.242 e. The van der Waals surface area contributed by atoms with Gasteiger partial charge in [0.2, 0.25) is 13.4 Å². The number of hydrogen-bond acceptors (Lipinski definition) is 0.